The second-order valence-corrected chi connectivity index (χ2v) is 14.6. The number of hydrogen-bond donors (Lipinski definition) is 2. The van der Waals surface area contributed by atoms with Crippen molar-refractivity contribution in [1.82, 2.24) is 30.4 Å². The lowest BCUT2D eigenvalue weighted by Gasteiger charge is -2.18. The van der Waals surface area contributed by atoms with E-state index in [9.17, 15) is 14.7 Å². The number of carbonyl (C=O) groups excluding carboxylic acids is 2. The number of thioether (sulfide) groups is 1. The van der Waals surface area contributed by atoms with E-state index in [1.165, 1.54) is 30.9 Å². The lowest BCUT2D eigenvalue weighted by molar-refractivity contribution is 0.101. The number of aromatic hydroxyl groups is 1. The third-order valence-corrected chi connectivity index (χ3v) is 11.1. The monoisotopic (exact) mass is 772 g/mol. The van der Waals surface area contributed by atoms with Gasteiger partial charge in [0.15, 0.2) is 51.2 Å². The first-order valence-electron chi connectivity index (χ1n) is 16.5. The third-order valence-electron chi connectivity index (χ3n) is 8.17. The van der Waals surface area contributed by atoms with Crippen LogP contribution in [0.1, 0.15) is 20.7 Å². The second-order valence-electron chi connectivity index (χ2n) is 11.7. The highest BCUT2D eigenvalue weighted by Crippen LogP contribution is 2.46. The number of nitrogens with zero attached hydrogens (tertiary/aromatic N) is 6. The summed E-state index contributed by atoms with van der Waals surface area (Å²) in [5.74, 6) is 1.87. The summed E-state index contributed by atoms with van der Waals surface area (Å²) in [6, 6.07) is 26.6. The molecule has 0 amide bonds. The molecule has 0 aliphatic heterocycles. The summed E-state index contributed by atoms with van der Waals surface area (Å²) in [6.07, 6.45) is 4.55. The predicted molar refractivity (Wildman–Crippen MR) is 201 cm³/mol. The van der Waals surface area contributed by atoms with E-state index in [1.54, 1.807) is 92.0 Å². The number of methoxy groups -OCH3 is 1. The largest absolute Gasteiger partial charge is 0.508 e. The summed E-state index contributed by atoms with van der Waals surface area (Å²) < 4.78 is 28.7. The molecule has 0 saturated carbocycles. The van der Waals surface area contributed by atoms with Gasteiger partial charge in [-0.1, -0.05) is 11.8 Å². The maximum atomic E-state index is 13.8. The zero-order chi connectivity index (χ0) is 37.7. The van der Waals surface area contributed by atoms with Gasteiger partial charge in [-0.05, 0) is 97.1 Å². The highest BCUT2D eigenvalue weighted by molar-refractivity contribution is 8.17. The van der Waals surface area contributed by atoms with Crippen LogP contribution >= 0.6 is 22.7 Å². The lowest BCUT2D eigenvalue weighted by atomic mass is 10.1. The molecule has 14 nitrogen and oxygen atoms in total. The van der Waals surface area contributed by atoms with Crippen LogP contribution in [0.4, 0.5) is 0 Å². The summed E-state index contributed by atoms with van der Waals surface area (Å²) in [5, 5.41) is 28.4. The number of ether oxygens (including phenoxy) is 1. The lowest BCUT2D eigenvalue weighted by Crippen LogP contribution is -2.10. The Bertz CT molecular complexity index is 2560. The molecule has 0 fully saturated rings. The minimum absolute atomic E-state index is 0.0343. The van der Waals surface area contributed by atoms with Crippen LogP contribution in [0, 0.1) is 0 Å². The number of carbonyl (C=O) groups is 2. The van der Waals surface area contributed by atoms with Gasteiger partial charge >= 0.3 is 0 Å². The van der Waals surface area contributed by atoms with Crippen molar-refractivity contribution in [2.24, 2.45) is 0 Å². The fraction of sp³-hybridized carbons (Fsp3) is 0.0769. The highest BCUT2D eigenvalue weighted by Gasteiger charge is 2.27. The van der Waals surface area contributed by atoms with Crippen LogP contribution < -0.4 is 4.74 Å². The van der Waals surface area contributed by atoms with E-state index >= 15 is 0 Å². The van der Waals surface area contributed by atoms with E-state index in [4.69, 9.17) is 32.4 Å². The Hall–Kier alpha value is -6.78. The molecule has 0 radical (unpaired) electrons. The molecule has 16 heteroatoms. The van der Waals surface area contributed by atoms with Crippen molar-refractivity contribution in [2.45, 2.75) is 15.4 Å². The van der Waals surface area contributed by atoms with Crippen LogP contribution in [-0.2, 0) is 0 Å². The van der Waals surface area contributed by atoms with Gasteiger partial charge in [-0.15, -0.1) is 31.3 Å². The molecule has 2 aromatic carbocycles. The van der Waals surface area contributed by atoms with Crippen molar-refractivity contribution in [3.05, 3.63) is 127 Å². The molecule has 0 spiro atoms. The van der Waals surface area contributed by atoms with Crippen LogP contribution in [0.25, 0.3) is 45.8 Å². The number of hydrogen-bond acceptors (Lipinski definition) is 15. The fourth-order valence-electron chi connectivity index (χ4n) is 5.44. The first-order chi connectivity index (χ1) is 26.9. The Morgan fingerprint density at radius 1 is 0.655 bits per heavy atom. The van der Waals surface area contributed by atoms with E-state index < -0.39 is 10.9 Å². The molecule has 0 aliphatic carbocycles. The van der Waals surface area contributed by atoms with Gasteiger partial charge in [-0.25, -0.2) is 9.97 Å². The molecule has 1 N–H and O–H groups in total. The molecule has 1 unspecified atom stereocenters. The van der Waals surface area contributed by atoms with Crippen LogP contribution in [0.3, 0.4) is 0 Å². The number of benzene rings is 2. The van der Waals surface area contributed by atoms with Crippen molar-refractivity contribution in [3.63, 3.8) is 0 Å². The number of phenols is 1. The first-order valence-corrected chi connectivity index (χ1v) is 19.1. The molecule has 1 atom stereocenters. The number of Topliss-reactive ketones (excluding diaryl/α,β-unsaturated/α-hetero) is 2. The van der Waals surface area contributed by atoms with Crippen molar-refractivity contribution in [2.75, 3.05) is 18.6 Å². The Labute approximate surface area is 319 Å². The summed E-state index contributed by atoms with van der Waals surface area (Å²) in [6.45, 7) is 0. The molecule has 0 aliphatic rings. The maximum absolute atomic E-state index is 13.8. The molecular weight excluding hydrogens is 745 g/mol. The number of aromatic nitrogens is 6. The van der Waals surface area contributed by atoms with Crippen molar-refractivity contribution in [3.8, 4) is 57.3 Å². The molecule has 8 rings (SSSR count). The molecule has 0 bridgehead atoms. The average molecular weight is 773 g/mol. The third kappa shape index (κ3) is 7.67. The first kappa shape index (κ1) is 35.3. The number of thiol groups is 1. The van der Waals surface area contributed by atoms with Gasteiger partial charge in [0.2, 0.25) is 5.16 Å². The van der Waals surface area contributed by atoms with Gasteiger partial charge in [0.1, 0.15) is 28.0 Å². The van der Waals surface area contributed by atoms with Crippen molar-refractivity contribution >= 4 is 34.2 Å². The zero-order valence-electron chi connectivity index (χ0n) is 28.7. The van der Waals surface area contributed by atoms with Crippen LogP contribution in [0.2, 0.25) is 0 Å². The van der Waals surface area contributed by atoms with E-state index in [0.717, 1.165) is 11.8 Å². The van der Waals surface area contributed by atoms with E-state index in [1.807, 2.05) is 0 Å². The number of furan rings is 4. The predicted octanol–water partition coefficient (Wildman–Crippen LogP) is 8.09. The Morgan fingerprint density at radius 2 is 1.24 bits per heavy atom. The van der Waals surface area contributed by atoms with Crippen LogP contribution in [0.5, 0.6) is 11.5 Å². The highest BCUT2D eigenvalue weighted by atomic mass is 32.2. The molecule has 6 heterocycles. The van der Waals surface area contributed by atoms with Gasteiger partial charge in [-0.2, -0.15) is 0 Å². The SMILES string of the molecule is COc1ccc(C(=O)CSc2nnc(-c3ccco3)c(-c3ccc([SH](CC(=O)c4ccc(O)cc4)c4nnc(-c5ccco5)c(-c5ccco5)n4)o3)n2)cc1. The van der Waals surface area contributed by atoms with E-state index in [2.05, 4.69) is 20.4 Å². The van der Waals surface area contributed by atoms with Gasteiger partial charge in [0.25, 0.3) is 0 Å². The number of ketones is 2. The normalized spacial score (nSPS) is 12.1. The Kier molecular flexibility index (Phi) is 10.0. The number of rotatable bonds is 14. The topological polar surface area (TPSA) is 193 Å². The molecule has 6 aromatic heterocycles. The standard InChI is InChI=1S/C39H28N6O8S2/c1-49-26-14-10-23(11-15-26)27(47)21-54-38-40-35(37(42-44-38)31-7-4-20-52-31)32-16-17-33(53-32)55(22-28(48)24-8-12-25(46)13-9-24)39-41-34(29-5-2-18-50-29)36(43-45-39)30-6-3-19-51-30/h2-20,46,55H,21-22H2,1H3. The van der Waals surface area contributed by atoms with E-state index in [-0.39, 0.29) is 39.1 Å². The molecule has 274 valence electrons. The minimum atomic E-state index is -1.74. The molecular formula is C39H28N6O8S2. The molecule has 8 aromatic rings. The number of phenolic OH excluding ortho intramolecular Hbond substituents is 1. The van der Waals surface area contributed by atoms with Gasteiger partial charge in [-0.3, -0.25) is 9.59 Å². The second kappa shape index (κ2) is 15.7. The van der Waals surface area contributed by atoms with Gasteiger partial charge in [0.05, 0.1) is 37.4 Å². The Morgan fingerprint density at radius 3 is 1.85 bits per heavy atom. The maximum Gasteiger partial charge on any atom is 0.210 e. The quantitative estimate of drug-likeness (QED) is 0.0611. The molecule has 55 heavy (non-hydrogen) atoms. The zero-order valence-corrected chi connectivity index (χ0v) is 30.4. The molecule has 0 saturated heterocycles. The fourth-order valence-corrected chi connectivity index (χ4v) is 7.92. The van der Waals surface area contributed by atoms with Gasteiger partial charge < -0.3 is 27.5 Å². The van der Waals surface area contributed by atoms with Gasteiger partial charge in [0, 0.05) is 11.1 Å². The van der Waals surface area contributed by atoms with Crippen LogP contribution in [-0.4, -0.2) is 65.7 Å². The minimum Gasteiger partial charge on any atom is -0.508 e. The summed E-state index contributed by atoms with van der Waals surface area (Å²) in [4.78, 5) is 36.4. The summed E-state index contributed by atoms with van der Waals surface area (Å²) in [5.41, 5.74) is 2.24. The Balaban J connectivity index is 1.17. The van der Waals surface area contributed by atoms with Crippen LogP contribution in [0.15, 0.2) is 149 Å². The summed E-state index contributed by atoms with van der Waals surface area (Å²) >= 11 is 1.12. The average Bonchev–Trinajstić information content (AvgIpc) is 4.08. The summed E-state index contributed by atoms with van der Waals surface area (Å²) in [7, 11) is -0.182. The van der Waals surface area contributed by atoms with Crippen molar-refractivity contribution in [1.29, 1.82) is 0 Å². The smallest absolute Gasteiger partial charge is 0.210 e. The van der Waals surface area contributed by atoms with E-state index in [0.29, 0.717) is 67.8 Å². The van der Waals surface area contributed by atoms with Crippen molar-refractivity contribution < 1.29 is 37.1 Å².